The Bertz CT molecular complexity index is 769. The number of nitrogens with zero attached hydrogens (tertiary/aromatic N) is 2. The Morgan fingerprint density at radius 2 is 2.14 bits per heavy atom. The highest BCUT2D eigenvalue weighted by Crippen LogP contribution is 2.21. The number of nitrogens with one attached hydrogen (secondary N) is 1. The van der Waals surface area contributed by atoms with Crippen LogP contribution in [0.2, 0.25) is 0 Å². The third kappa shape index (κ3) is 3.00. The van der Waals surface area contributed by atoms with Crippen molar-refractivity contribution < 1.29 is 9.34 Å². The van der Waals surface area contributed by atoms with E-state index in [1.807, 2.05) is 24.3 Å². The van der Waals surface area contributed by atoms with Crippen LogP contribution in [0.1, 0.15) is 5.76 Å². The highest BCUT2D eigenvalue weighted by atomic mass is 16.6. The number of benzene rings is 1. The number of anilines is 1. The lowest BCUT2D eigenvalue weighted by atomic mass is 10.2. The summed E-state index contributed by atoms with van der Waals surface area (Å²) in [7, 11) is 0. The fraction of sp³-hybridized carbons (Fsp3) is 0.133. The van der Waals surface area contributed by atoms with Gasteiger partial charge in [-0.15, -0.1) is 0 Å². The van der Waals surface area contributed by atoms with Crippen LogP contribution >= 0.6 is 0 Å². The molecule has 6 nitrogen and oxygen atoms in total. The monoisotopic (exact) mass is 283 g/mol. The molecule has 0 aliphatic carbocycles. The minimum absolute atomic E-state index is 0.0721. The first-order valence-electron chi connectivity index (χ1n) is 6.54. The van der Waals surface area contributed by atoms with Gasteiger partial charge in [0.15, 0.2) is 0 Å². The van der Waals surface area contributed by atoms with Crippen LogP contribution in [0.5, 0.6) is 0 Å². The predicted octanol–water partition coefficient (Wildman–Crippen LogP) is 3.39. The summed E-state index contributed by atoms with van der Waals surface area (Å²) in [6, 6.07) is 12.1. The molecule has 1 aromatic carbocycles. The molecule has 6 heteroatoms. The Hall–Kier alpha value is -2.89. The van der Waals surface area contributed by atoms with E-state index in [0.717, 1.165) is 28.9 Å². The molecule has 0 unspecified atom stereocenters. The molecule has 3 aromatic rings. The molecule has 2 aromatic heterocycles. The SMILES string of the molecule is O=[N+]([O-])c1ccc2nc(NCCc3ccco3)ccc2c1. The Morgan fingerprint density at radius 3 is 2.90 bits per heavy atom. The molecular formula is C15H13N3O3. The van der Waals surface area contributed by atoms with Gasteiger partial charge in [-0.25, -0.2) is 4.98 Å². The van der Waals surface area contributed by atoms with Crippen molar-refractivity contribution in [3.05, 3.63) is 64.6 Å². The third-order valence-corrected chi connectivity index (χ3v) is 3.14. The van der Waals surface area contributed by atoms with Crippen molar-refractivity contribution in [1.29, 1.82) is 0 Å². The van der Waals surface area contributed by atoms with Gasteiger partial charge in [-0.1, -0.05) is 0 Å². The molecule has 0 fully saturated rings. The number of rotatable bonds is 5. The standard InChI is InChI=1S/C15H13N3O3/c19-18(20)12-4-5-14-11(10-12)3-6-15(17-14)16-8-7-13-2-1-9-21-13/h1-6,9-10H,7-8H2,(H,16,17). The van der Waals surface area contributed by atoms with Gasteiger partial charge >= 0.3 is 0 Å². The second-order valence-electron chi connectivity index (χ2n) is 4.59. The average Bonchev–Trinajstić information content (AvgIpc) is 3.00. The highest BCUT2D eigenvalue weighted by molar-refractivity contribution is 5.82. The Balaban J connectivity index is 1.72. The van der Waals surface area contributed by atoms with Crippen molar-refractivity contribution in [2.24, 2.45) is 0 Å². The number of nitro groups is 1. The molecule has 3 rings (SSSR count). The van der Waals surface area contributed by atoms with Gasteiger partial charge in [0.25, 0.3) is 5.69 Å². The van der Waals surface area contributed by atoms with E-state index in [2.05, 4.69) is 10.3 Å². The van der Waals surface area contributed by atoms with Crippen LogP contribution < -0.4 is 5.32 Å². The highest BCUT2D eigenvalue weighted by Gasteiger charge is 2.07. The molecule has 21 heavy (non-hydrogen) atoms. The maximum Gasteiger partial charge on any atom is 0.270 e. The molecule has 0 atom stereocenters. The molecule has 0 bridgehead atoms. The smallest absolute Gasteiger partial charge is 0.270 e. The zero-order valence-corrected chi connectivity index (χ0v) is 11.2. The zero-order chi connectivity index (χ0) is 14.7. The summed E-state index contributed by atoms with van der Waals surface area (Å²) < 4.78 is 5.25. The molecule has 1 N–H and O–H groups in total. The van der Waals surface area contributed by atoms with Crippen molar-refractivity contribution in [3.63, 3.8) is 0 Å². The summed E-state index contributed by atoms with van der Waals surface area (Å²) in [5, 5.41) is 14.7. The van der Waals surface area contributed by atoms with E-state index in [4.69, 9.17) is 4.42 Å². The first-order chi connectivity index (χ1) is 10.2. The van der Waals surface area contributed by atoms with Gasteiger partial charge in [0.1, 0.15) is 11.6 Å². The number of pyridine rings is 1. The molecule has 0 saturated carbocycles. The molecule has 0 amide bonds. The first-order valence-corrected chi connectivity index (χ1v) is 6.54. The van der Waals surface area contributed by atoms with Crippen LogP contribution in [0.15, 0.2) is 53.1 Å². The van der Waals surface area contributed by atoms with Crippen LogP contribution in [0.4, 0.5) is 11.5 Å². The van der Waals surface area contributed by atoms with E-state index in [1.54, 1.807) is 12.3 Å². The van der Waals surface area contributed by atoms with Gasteiger partial charge in [0.2, 0.25) is 0 Å². The van der Waals surface area contributed by atoms with Crippen molar-refractivity contribution in [3.8, 4) is 0 Å². The molecular weight excluding hydrogens is 270 g/mol. The molecule has 0 spiro atoms. The fourth-order valence-electron chi connectivity index (χ4n) is 2.09. The molecule has 0 saturated heterocycles. The van der Waals surface area contributed by atoms with Gasteiger partial charge in [-0.2, -0.15) is 0 Å². The van der Waals surface area contributed by atoms with Crippen LogP contribution in [0.25, 0.3) is 10.9 Å². The molecule has 0 radical (unpaired) electrons. The summed E-state index contributed by atoms with van der Waals surface area (Å²) in [4.78, 5) is 14.8. The number of aromatic nitrogens is 1. The van der Waals surface area contributed by atoms with E-state index in [1.165, 1.54) is 12.1 Å². The van der Waals surface area contributed by atoms with Crippen LogP contribution in [-0.2, 0) is 6.42 Å². The second kappa shape index (κ2) is 5.62. The Morgan fingerprint density at radius 1 is 1.24 bits per heavy atom. The number of non-ortho nitro benzene ring substituents is 1. The second-order valence-corrected chi connectivity index (χ2v) is 4.59. The summed E-state index contributed by atoms with van der Waals surface area (Å²) in [5.41, 5.74) is 0.798. The quantitative estimate of drug-likeness (QED) is 0.573. The molecule has 106 valence electrons. The third-order valence-electron chi connectivity index (χ3n) is 3.14. The molecule has 0 aliphatic rings. The van der Waals surface area contributed by atoms with Gasteiger partial charge in [-0.05, 0) is 30.3 Å². The maximum absolute atomic E-state index is 10.7. The van der Waals surface area contributed by atoms with E-state index in [-0.39, 0.29) is 5.69 Å². The summed E-state index contributed by atoms with van der Waals surface area (Å²) in [5.74, 6) is 1.65. The average molecular weight is 283 g/mol. The van der Waals surface area contributed by atoms with Crippen molar-refractivity contribution in [2.45, 2.75) is 6.42 Å². The lowest BCUT2D eigenvalue weighted by molar-refractivity contribution is -0.384. The van der Waals surface area contributed by atoms with E-state index in [9.17, 15) is 10.1 Å². The lowest BCUT2D eigenvalue weighted by Crippen LogP contribution is -2.05. The largest absolute Gasteiger partial charge is 0.469 e. The number of hydrogen-bond donors (Lipinski definition) is 1. The maximum atomic E-state index is 10.7. The van der Waals surface area contributed by atoms with Gasteiger partial charge in [0, 0.05) is 30.5 Å². The molecule has 0 aliphatic heterocycles. The number of fused-ring (bicyclic) bond motifs is 1. The zero-order valence-electron chi connectivity index (χ0n) is 11.2. The normalized spacial score (nSPS) is 10.7. The van der Waals surface area contributed by atoms with Gasteiger partial charge < -0.3 is 9.73 Å². The summed E-state index contributed by atoms with van der Waals surface area (Å²) >= 11 is 0. The molecule has 2 heterocycles. The number of hydrogen-bond acceptors (Lipinski definition) is 5. The summed E-state index contributed by atoms with van der Waals surface area (Å²) in [6.45, 7) is 0.707. The summed E-state index contributed by atoms with van der Waals surface area (Å²) in [6.07, 6.45) is 2.42. The van der Waals surface area contributed by atoms with E-state index >= 15 is 0 Å². The minimum Gasteiger partial charge on any atom is -0.469 e. The van der Waals surface area contributed by atoms with Crippen molar-refractivity contribution in [2.75, 3.05) is 11.9 Å². The van der Waals surface area contributed by atoms with E-state index < -0.39 is 4.92 Å². The van der Waals surface area contributed by atoms with Gasteiger partial charge in [0.05, 0.1) is 16.7 Å². The topological polar surface area (TPSA) is 81.2 Å². The van der Waals surface area contributed by atoms with Gasteiger partial charge in [-0.3, -0.25) is 10.1 Å². The van der Waals surface area contributed by atoms with E-state index in [0.29, 0.717) is 6.54 Å². The van der Waals surface area contributed by atoms with Crippen LogP contribution in [0, 0.1) is 10.1 Å². The lowest BCUT2D eigenvalue weighted by Gasteiger charge is -2.05. The Kier molecular flexibility index (Phi) is 3.51. The van der Waals surface area contributed by atoms with Crippen molar-refractivity contribution in [1.82, 2.24) is 4.98 Å². The number of furan rings is 1. The van der Waals surface area contributed by atoms with Crippen LogP contribution in [-0.4, -0.2) is 16.5 Å². The fourth-order valence-corrected chi connectivity index (χ4v) is 2.09. The Labute approximate surface area is 120 Å². The number of nitro benzene ring substituents is 1. The first kappa shape index (κ1) is 13.1. The van der Waals surface area contributed by atoms with Crippen LogP contribution in [0.3, 0.4) is 0 Å². The predicted molar refractivity (Wildman–Crippen MR) is 79.3 cm³/mol. The minimum atomic E-state index is -0.408. The van der Waals surface area contributed by atoms with Crippen molar-refractivity contribution >= 4 is 22.4 Å².